The van der Waals surface area contributed by atoms with E-state index in [-0.39, 0.29) is 0 Å². The molecular formula is C7H18N2O7P2. The molecule has 0 aromatic rings. The van der Waals surface area contributed by atoms with Crippen molar-refractivity contribution in [3.8, 4) is 0 Å². The summed E-state index contributed by atoms with van der Waals surface area (Å²) in [6, 6.07) is -1.16. The zero-order chi connectivity index (χ0) is 14.7. The van der Waals surface area contributed by atoms with E-state index in [9.17, 15) is 13.9 Å². The third-order valence-corrected chi connectivity index (χ3v) is 3.51. The summed E-state index contributed by atoms with van der Waals surface area (Å²) in [5.74, 6) is -1.34. The molecule has 0 aliphatic carbocycles. The molecule has 0 saturated heterocycles. The molecule has 0 aliphatic rings. The first kappa shape index (κ1) is 17.7. The van der Waals surface area contributed by atoms with E-state index in [4.69, 9.17) is 25.3 Å². The van der Waals surface area contributed by atoms with Crippen LogP contribution in [0.4, 0.5) is 0 Å². The molecule has 0 rings (SSSR count). The summed E-state index contributed by atoms with van der Waals surface area (Å²) in [6.07, 6.45) is -1.88. The van der Waals surface area contributed by atoms with Gasteiger partial charge in [-0.05, 0) is 5.92 Å². The maximum atomic E-state index is 11.2. The summed E-state index contributed by atoms with van der Waals surface area (Å²) in [7, 11) is -9.13. The maximum absolute atomic E-state index is 11.2. The largest absolute Gasteiger partial charge is 0.368 e. The van der Waals surface area contributed by atoms with Gasteiger partial charge in [0.1, 0.15) is 12.6 Å². The van der Waals surface area contributed by atoms with E-state index in [1.54, 1.807) is 13.8 Å². The van der Waals surface area contributed by atoms with Crippen molar-refractivity contribution in [1.82, 2.24) is 4.90 Å². The van der Waals surface area contributed by atoms with Crippen molar-refractivity contribution in [3.63, 3.8) is 0 Å². The summed E-state index contributed by atoms with van der Waals surface area (Å²) >= 11 is 0. The fourth-order valence-electron chi connectivity index (χ4n) is 1.62. The number of carbonyl (C=O) groups excluding carboxylic acids is 1. The normalized spacial score (nSPS) is 15.1. The van der Waals surface area contributed by atoms with Gasteiger partial charge >= 0.3 is 15.2 Å². The highest BCUT2D eigenvalue weighted by molar-refractivity contribution is 7.52. The molecule has 0 fully saturated rings. The van der Waals surface area contributed by atoms with Crippen molar-refractivity contribution >= 4 is 21.1 Å². The lowest BCUT2D eigenvalue weighted by Gasteiger charge is -2.31. The Hall–Kier alpha value is -0.270. The van der Waals surface area contributed by atoms with Crippen molar-refractivity contribution in [2.24, 2.45) is 11.7 Å². The molecule has 0 bridgehead atoms. The zero-order valence-electron chi connectivity index (χ0n) is 10.0. The minimum absolute atomic E-state index is 0.444. The van der Waals surface area contributed by atoms with Crippen LogP contribution in [0.15, 0.2) is 0 Å². The van der Waals surface area contributed by atoms with Gasteiger partial charge in [-0.2, -0.15) is 0 Å². The number of nitrogens with two attached hydrogens (primary N) is 1. The van der Waals surface area contributed by atoms with E-state index in [2.05, 4.69) is 0 Å². The molecule has 1 unspecified atom stereocenters. The van der Waals surface area contributed by atoms with Gasteiger partial charge in [-0.15, -0.1) is 0 Å². The number of carbonyl (C=O) groups is 1. The third kappa shape index (κ3) is 7.23. The maximum Gasteiger partial charge on any atom is 0.339 e. The van der Waals surface area contributed by atoms with E-state index < -0.39 is 45.6 Å². The summed E-state index contributed by atoms with van der Waals surface area (Å²) < 4.78 is 21.8. The molecule has 18 heavy (non-hydrogen) atoms. The van der Waals surface area contributed by atoms with Crippen molar-refractivity contribution in [2.45, 2.75) is 19.9 Å². The van der Waals surface area contributed by atoms with E-state index >= 15 is 0 Å². The molecular weight excluding hydrogens is 286 g/mol. The monoisotopic (exact) mass is 304 g/mol. The molecule has 1 atom stereocenters. The highest BCUT2D eigenvalue weighted by Gasteiger charge is 2.35. The summed E-state index contributed by atoms with van der Waals surface area (Å²) in [4.78, 5) is 47.4. The fourth-order valence-corrected chi connectivity index (χ4v) is 3.28. The number of amides is 1. The first-order valence-electron chi connectivity index (χ1n) is 4.96. The molecule has 0 aromatic carbocycles. The van der Waals surface area contributed by atoms with Crippen LogP contribution in [0.5, 0.6) is 0 Å². The zero-order valence-corrected chi connectivity index (χ0v) is 11.8. The molecule has 0 aromatic heterocycles. The van der Waals surface area contributed by atoms with Gasteiger partial charge < -0.3 is 25.3 Å². The first-order valence-corrected chi connectivity index (χ1v) is 8.55. The van der Waals surface area contributed by atoms with Crippen LogP contribution in [0.3, 0.4) is 0 Å². The summed E-state index contributed by atoms with van der Waals surface area (Å²) in [5.41, 5.74) is 5.09. The van der Waals surface area contributed by atoms with Crippen molar-refractivity contribution in [1.29, 1.82) is 0 Å². The van der Waals surface area contributed by atoms with Gasteiger partial charge in [-0.1, -0.05) is 13.8 Å². The first-order chi connectivity index (χ1) is 7.83. The van der Waals surface area contributed by atoms with Gasteiger partial charge in [0.15, 0.2) is 0 Å². The molecule has 0 spiro atoms. The van der Waals surface area contributed by atoms with Crippen LogP contribution in [-0.2, 0) is 13.9 Å². The van der Waals surface area contributed by atoms with Crippen LogP contribution < -0.4 is 5.73 Å². The van der Waals surface area contributed by atoms with Crippen molar-refractivity contribution in [3.05, 3.63) is 0 Å². The second-order valence-corrected chi connectivity index (χ2v) is 7.52. The Balaban J connectivity index is 5.23. The van der Waals surface area contributed by atoms with Crippen LogP contribution in [0.25, 0.3) is 0 Å². The summed E-state index contributed by atoms with van der Waals surface area (Å²) in [6.45, 7) is 3.11. The Labute approximate surface area is 104 Å². The molecule has 6 N–H and O–H groups in total. The lowest BCUT2D eigenvalue weighted by atomic mass is 10.0. The molecule has 0 heterocycles. The minimum Gasteiger partial charge on any atom is -0.368 e. The van der Waals surface area contributed by atoms with Gasteiger partial charge in [0.25, 0.3) is 0 Å². The molecule has 11 heteroatoms. The van der Waals surface area contributed by atoms with E-state index in [1.165, 1.54) is 0 Å². The van der Waals surface area contributed by atoms with Crippen LogP contribution in [0.1, 0.15) is 13.8 Å². The van der Waals surface area contributed by atoms with Crippen molar-refractivity contribution in [2.75, 3.05) is 12.6 Å². The molecule has 1 amide bonds. The molecule has 0 radical (unpaired) electrons. The highest BCUT2D eigenvalue weighted by atomic mass is 31.2. The predicted molar refractivity (Wildman–Crippen MR) is 63.5 cm³/mol. The fraction of sp³-hybridized carbons (Fsp3) is 0.857. The second-order valence-electron chi connectivity index (χ2n) is 4.29. The van der Waals surface area contributed by atoms with Crippen LogP contribution in [-0.4, -0.2) is 49.0 Å². The lowest BCUT2D eigenvalue weighted by Crippen LogP contribution is -2.48. The Morgan fingerprint density at radius 1 is 1.11 bits per heavy atom. The Morgan fingerprint density at radius 2 is 1.44 bits per heavy atom. The average molecular weight is 304 g/mol. The molecule has 0 saturated carbocycles. The van der Waals surface area contributed by atoms with E-state index in [0.717, 1.165) is 4.90 Å². The quantitative estimate of drug-likeness (QED) is 0.377. The third-order valence-electron chi connectivity index (χ3n) is 2.05. The number of hydrogen-bond acceptors (Lipinski definition) is 4. The highest BCUT2D eigenvalue weighted by Crippen LogP contribution is 2.42. The predicted octanol–water partition coefficient (Wildman–Crippen LogP) is -0.931. The SMILES string of the molecule is CC(C)C(C(N)=O)N(CP(=O)(O)O)CP(=O)(O)O. The number of primary amides is 1. The summed E-state index contributed by atoms with van der Waals surface area (Å²) in [5, 5.41) is 0. The smallest absolute Gasteiger partial charge is 0.339 e. The molecule has 0 aliphatic heterocycles. The van der Waals surface area contributed by atoms with Crippen LogP contribution in [0, 0.1) is 5.92 Å². The van der Waals surface area contributed by atoms with Gasteiger partial charge in [0.05, 0.1) is 6.04 Å². The topological polar surface area (TPSA) is 161 Å². The second kappa shape index (κ2) is 6.25. The van der Waals surface area contributed by atoms with Gasteiger partial charge in [0.2, 0.25) is 5.91 Å². The standard InChI is InChI=1S/C7H18N2O7P2/c1-5(2)6(7(8)10)9(3-17(11,12)13)4-18(14,15)16/h5-6H,3-4H2,1-2H3,(H2,8,10)(H2,11,12,13)(H2,14,15,16). The number of rotatable bonds is 7. The number of hydrogen-bond donors (Lipinski definition) is 5. The molecule has 108 valence electrons. The van der Waals surface area contributed by atoms with Gasteiger partial charge in [0, 0.05) is 0 Å². The average Bonchev–Trinajstić information content (AvgIpc) is 1.93. The Morgan fingerprint density at radius 3 is 1.61 bits per heavy atom. The number of nitrogens with zero attached hydrogens (tertiary/aromatic N) is 1. The van der Waals surface area contributed by atoms with Gasteiger partial charge in [-0.3, -0.25) is 18.8 Å². The minimum atomic E-state index is -4.57. The van der Waals surface area contributed by atoms with E-state index in [0.29, 0.717) is 0 Å². The Bertz CT molecular complexity index is 363. The lowest BCUT2D eigenvalue weighted by molar-refractivity contribution is -0.124. The Kier molecular flexibility index (Phi) is 6.16. The van der Waals surface area contributed by atoms with E-state index in [1.807, 2.05) is 0 Å². The van der Waals surface area contributed by atoms with Crippen LogP contribution in [0.2, 0.25) is 0 Å². The van der Waals surface area contributed by atoms with Gasteiger partial charge in [-0.25, -0.2) is 0 Å². The van der Waals surface area contributed by atoms with Crippen molar-refractivity contribution < 1.29 is 33.5 Å². The van der Waals surface area contributed by atoms with Crippen LogP contribution >= 0.6 is 15.2 Å². The molecule has 9 nitrogen and oxygen atoms in total.